The minimum Gasteiger partial charge on any atom is -0.497 e. The number of hydrogen-bond acceptors (Lipinski definition) is 6. The number of pyridine rings is 1. The van der Waals surface area contributed by atoms with Crippen LogP contribution < -0.4 is 4.74 Å². The van der Waals surface area contributed by atoms with Crippen LogP contribution in [0.4, 0.5) is 0 Å². The fourth-order valence-corrected chi connectivity index (χ4v) is 4.69. The molecule has 9 heteroatoms. The topological polar surface area (TPSA) is 98.0 Å². The highest BCUT2D eigenvalue weighted by Gasteiger charge is 2.31. The van der Waals surface area contributed by atoms with Gasteiger partial charge in [-0.1, -0.05) is 6.07 Å². The molecule has 1 fully saturated rings. The molecule has 0 spiro atoms. The smallest absolute Gasteiger partial charge is 0.274 e. The molecule has 0 aliphatic carbocycles. The summed E-state index contributed by atoms with van der Waals surface area (Å²) in [5, 5.41) is -0.156. The van der Waals surface area contributed by atoms with Crippen LogP contribution >= 0.6 is 0 Å². The number of fused-ring (bicyclic) bond motifs is 1. The Balaban J connectivity index is 1.50. The second kappa shape index (κ2) is 8.14. The van der Waals surface area contributed by atoms with Gasteiger partial charge in [0.1, 0.15) is 5.75 Å². The number of rotatable bonds is 5. The van der Waals surface area contributed by atoms with Gasteiger partial charge in [-0.05, 0) is 49.2 Å². The number of ether oxygens (including phenoxy) is 1. The summed E-state index contributed by atoms with van der Waals surface area (Å²) in [6.07, 6.45) is 3.73. The van der Waals surface area contributed by atoms with E-state index >= 15 is 0 Å². The standard InChI is InChI=1S/C22H23N3O5S/c1-30-17-8-6-15(7-9-17)20(26)16-10-13-24(14-11-16)21(27)19-18-5-3-4-12-25(18)22(23-19)31(2,28)29/h3-9,12,16H,10-11,13-14H2,1-2H3. The number of methoxy groups -OCH3 is 1. The van der Waals surface area contributed by atoms with E-state index in [1.54, 1.807) is 60.7 Å². The fourth-order valence-electron chi connectivity index (χ4n) is 3.91. The van der Waals surface area contributed by atoms with Crippen molar-refractivity contribution in [2.75, 3.05) is 26.5 Å². The largest absolute Gasteiger partial charge is 0.497 e. The Morgan fingerprint density at radius 3 is 2.35 bits per heavy atom. The van der Waals surface area contributed by atoms with Crippen LogP contribution in [0.25, 0.3) is 5.52 Å². The Hall–Kier alpha value is -3.20. The highest BCUT2D eigenvalue weighted by atomic mass is 32.2. The summed E-state index contributed by atoms with van der Waals surface area (Å²) in [6.45, 7) is 0.816. The van der Waals surface area contributed by atoms with Gasteiger partial charge in [-0.15, -0.1) is 0 Å². The van der Waals surface area contributed by atoms with E-state index in [0.717, 1.165) is 6.26 Å². The van der Waals surface area contributed by atoms with Gasteiger partial charge in [0.05, 0.1) is 12.6 Å². The second-order valence-electron chi connectivity index (χ2n) is 7.63. The molecule has 8 nitrogen and oxygen atoms in total. The van der Waals surface area contributed by atoms with Gasteiger partial charge in [-0.2, -0.15) is 0 Å². The van der Waals surface area contributed by atoms with Crippen molar-refractivity contribution in [3.63, 3.8) is 0 Å². The van der Waals surface area contributed by atoms with Gasteiger partial charge >= 0.3 is 0 Å². The van der Waals surface area contributed by atoms with Crippen molar-refractivity contribution >= 4 is 27.0 Å². The fraction of sp³-hybridized carbons (Fsp3) is 0.318. The molecule has 1 aromatic carbocycles. The Bertz CT molecular complexity index is 1240. The minimum atomic E-state index is -3.60. The van der Waals surface area contributed by atoms with Crippen LogP contribution in [0.2, 0.25) is 0 Å². The molecule has 1 amide bonds. The van der Waals surface area contributed by atoms with Gasteiger partial charge in [0.15, 0.2) is 11.5 Å². The number of benzene rings is 1. The average Bonchev–Trinajstić information content (AvgIpc) is 3.18. The number of nitrogens with zero attached hydrogens (tertiary/aromatic N) is 3. The molecule has 3 aromatic rings. The molecule has 0 bridgehead atoms. The van der Waals surface area contributed by atoms with E-state index in [-0.39, 0.29) is 28.5 Å². The van der Waals surface area contributed by atoms with Crippen LogP contribution in [0.3, 0.4) is 0 Å². The lowest BCUT2D eigenvalue weighted by Gasteiger charge is -2.31. The van der Waals surface area contributed by atoms with Gasteiger partial charge < -0.3 is 9.64 Å². The van der Waals surface area contributed by atoms with E-state index in [4.69, 9.17) is 4.74 Å². The quantitative estimate of drug-likeness (QED) is 0.564. The molecule has 1 saturated heterocycles. The van der Waals surface area contributed by atoms with Gasteiger partial charge in [0.2, 0.25) is 15.0 Å². The average molecular weight is 442 g/mol. The maximum atomic E-state index is 13.1. The van der Waals surface area contributed by atoms with Crippen molar-refractivity contribution in [1.82, 2.24) is 14.3 Å². The molecule has 0 radical (unpaired) electrons. The summed E-state index contributed by atoms with van der Waals surface area (Å²) < 4.78 is 30.7. The predicted molar refractivity (Wildman–Crippen MR) is 114 cm³/mol. The molecule has 4 rings (SSSR count). The number of piperidine rings is 1. The third kappa shape index (κ3) is 4.05. The Morgan fingerprint density at radius 2 is 1.74 bits per heavy atom. The van der Waals surface area contributed by atoms with Crippen molar-refractivity contribution in [2.24, 2.45) is 5.92 Å². The summed E-state index contributed by atoms with van der Waals surface area (Å²) in [6, 6.07) is 12.1. The second-order valence-corrected chi connectivity index (χ2v) is 9.54. The number of Topliss-reactive ketones (excluding diaryl/α,β-unsaturated/α-hetero) is 1. The Kier molecular flexibility index (Phi) is 5.53. The van der Waals surface area contributed by atoms with Crippen LogP contribution in [0.5, 0.6) is 5.75 Å². The van der Waals surface area contributed by atoms with E-state index in [1.807, 2.05) is 0 Å². The lowest BCUT2D eigenvalue weighted by Crippen LogP contribution is -2.40. The maximum Gasteiger partial charge on any atom is 0.274 e. The zero-order chi connectivity index (χ0) is 22.2. The number of carbonyl (C=O) groups is 2. The molecule has 1 aliphatic heterocycles. The number of aromatic nitrogens is 2. The minimum absolute atomic E-state index is 0.0570. The van der Waals surface area contributed by atoms with Gasteiger partial charge in [0.25, 0.3) is 5.91 Å². The number of ketones is 1. The van der Waals surface area contributed by atoms with Crippen LogP contribution in [0.15, 0.2) is 53.8 Å². The molecule has 1 aliphatic rings. The van der Waals surface area contributed by atoms with Crippen LogP contribution in [0.1, 0.15) is 33.7 Å². The lowest BCUT2D eigenvalue weighted by molar-refractivity contribution is 0.0647. The molecule has 2 aromatic heterocycles. The zero-order valence-electron chi connectivity index (χ0n) is 17.3. The first-order valence-corrected chi connectivity index (χ1v) is 11.8. The first-order valence-electron chi connectivity index (χ1n) is 9.94. The number of likely N-dealkylation sites (tertiary alicyclic amines) is 1. The number of carbonyl (C=O) groups excluding carboxylic acids is 2. The SMILES string of the molecule is COc1ccc(C(=O)C2CCN(C(=O)c3nc(S(C)(=O)=O)n4ccccc34)CC2)cc1. The third-order valence-corrected chi connectivity index (χ3v) is 6.53. The first kappa shape index (κ1) is 21.0. The Morgan fingerprint density at radius 1 is 1.06 bits per heavy atom. The van der Waals surface area contributed by atoms with E-state index in [0.29, 0.717) is 42.8 Å². The summed E-state index contributed by atoms with van der Waals surface area (Å²) in [5.74, 6) is 0.260. The van der Waals surface area contributed by atoms with E-state index in [2.05, 4.69) is 4.98 Å². The van der Waals surface area contributed by atoms with Crippen molar-refractivity contribution in [3.8, 4) is 5.75 Å². The molecule has 31 heavy (non-hydrogen) atoms. The van der Waals surface area contributed by atoms with Crippen molar-refractivity contribution in [1.29, 1.82) is 0 Å². The van der Waals surface area contributed by atoms with Gasteiger partial charge in [-0.25, -0.2) is 13.4 Å². The lowest BCUT2D eigenvalue weighted by atomic mass is 9.88. The normalized spacial score (nSPS) is 15.2. The summed E-state index contributed by atoms with van der Waals surface area (Å²) in [4.78, 5) is 31.7. The monoisotopic (exact) mass is 441 g/mol. The van der Waals surface area contributed by atoms with E-state index < -0.39 is 9.84 Å². The molecule has 0 saturated carbocycles. The summed E-state index contributed by atoms with van der Waals surface area (Å²) in [5.41, 5.74) is 1.19. The van der Waals surface area contributed by atoms with Gasteiger partial charge in [0, 0.05) is 37.0 Å². The highest BCUT2D eigenvalue weighted by molar-refractivity contribution is 7.90. The van der Waals surface area contributed by atoms with Crippen LogP contribution in [-0.4, -0.2) is 60.8 Å². The highest BCUT2D eigenvalue weighted by Crippen LogP contribution is 2.25. The maximum absolute atomic E-state index is 13.1. The third-order valence-electron chi connectivity index (χ3n) is 5.58. The molecule has 0 unspecified atom stereocenters. The summed E-state index contributed by atoms with van der Waals surface area (Å²) >= 11 is 0. The first-order chi connectivity index (χ1) is 14.8. The van der Waals surface area contributed by atoms with Crippen LogP contribution in [-0.2, 0) is 9.84 Å². The molecule has 0 N–H and O–H groups in total. The molecular weight excluding hydrogens is 418 g/mol. The number of amides is 1. The molecule has 162 valence electrons. The van der Waals surface area contributed by atoms with Crippen molar-refractivity contribution in [2.45, 2.75) is 18.0 Å². The zero-order valence-corrected chi connectivity index (χ0v) is 18.1. The summed E-state index contributed by atoms with van der Waals surface area (Å²) in [7, 11) is -2.03. The molecular formula is C22H23N3O5S. The van der Waals surface area contributed by atoms with Crippen LogP contribution in [0, 0.1) is 5.92 Å². The number of hydrogen-bond donors (Lipinski definition) is 0. The molecule has 0 atom stereocenters. The van der Waals surface area contributed by atoms with Crippen molar-refractivity contribution in [3.05, 3.63) is 59.9 Å². The Labute approximate surface area is 180 Å². The van der Waals surface area contributed by atoms with Gasteiger partial charge in [-0.3, -0.25) is 14.0 Å². The molecule has 3 heterocycles. The van der Waals surface area contributed by atoms with Crippen molar-refractivity contribution < 1.29 is 22.7 Å². The number of imidazole rings is 1. The van der Waals surface area contributed by atoms with E-state index in [1.165, 1.54) is 4.40 Å². The van der Waals surface area contributed by atoms with E-state index in [9.17, 15) is 18.0 Å². The number of sulfone groups is 1. The predicted octanol–water partition coefficient (Wildman–Crippen LogP) is 2.48.